The van der Waals surface area contributed by atoms with Crippen molar-refractivity contribution in [2.24, 2.45) is 4.99 Å². The van der Waals surface area contributed by atoms with Crippen LogP contribution in [0.25, 0.3) is 16.3 Å². The fourth-order valence-corrected chi connectivity index (χ4v) is 3.46. The summed E-state index contributed by atoms with van der Waals surface area (Å²) in [4.78, 5) is 17.6. The first-order valence-corrected chi connectivity index (χ1v) is 7.09. The minimum Gasteiger partial charge on any atom is -0.308 e. The zero-order chi connectivity index (χ0) is 13.5. The molecule has 0 bridgehead atoms. The molecule has 0 fully saturated rings. The molecule has 96 valence electrons. The molecule has 0 unspecified atom stereocenters. The fraction of sp³-hybridized carbons (Fsp3) is 0. The summed E-state index contributed by atoms with van der Waals surface area (Å²) in [7, 11) is 0. The molecule has 1 aromatic heterocycles. The van der Waals surface area contributed by atoms with Crippen LogP contribution in [0, 0.1) is 0 Å². The van der Waals surface area contributed by atoms with Gasteiger partial charge in [0, 0.05) is 33.3 Å². The van der Waals surface area contributed by atoms with Gasteiger partial charge in [-0.1, -0.05) is 24.3 Å². The second-order valence-electron chi connectivity index (χ2n) is 4.59. The number of aldehydes is 1. The van der Waals surface area contributed by atoms with Crippen LogP contribution in [-0.2, 0) is 0 Å². The summed E-state index contributed by atoms with van der Waals surface area (Å²) in [6.45, 7) is 0. The van der Waals surface area contributed by atoms with Crippen LogP contribution in [0.1, 0.15) is 10.4 Å². The molecule has 3 heterocycles. The predicted octanol–water partition coefficient (Wildman–Crippen LogP) is 2.31. The topological polar surface area (TPSA) is 32.7 Å². The molecule has 1 aromatic carbocycles. The molecule has 0 radical (unpaired) electrons. The third kappa shape index (κ3) is 1.66. The standard InChI is InChI=1S/C16H10N2OS/c19-10-11-5-6-12-13-9-18-7-3-1-2-4-15(18)17-16(13)20-14(12)8-11/h1-10H. The number of benzene rings is 1. The molecule has 0 aliphatic carbocycles. The van der Waals surface area contributed by atoms with Gasteiger partial charge in [-0.05, 0) is 18.2 Å². The maximum absolute atomic E-state index is 10.9. The Morgan fingerprint density at radius 2 is 2.15 bits per heavy atom. The van der Waals surface area contributed by atoms with E-state index < -0.39 is 0 Å². The lowest BCUT2D eigenvalue weighted by atomic mass is 10.1. The molecule has 0 atom stereocenters. The van der Waals surface area contributed by atoms with Gasteiger partial charge in [0.1, 0.15) is 16.8 Å². The van der Waals surface area contributed by atoms with Gasteiger partial charge in [0.25, 0.3) is 0 Å². The second-order valence-corrected chi connectivity index (χ2v) is 5.62. The molecule has 2 aromatic rings. The lowest BCUT2D eigenvalue weighted by molar-refractivity contribution is 0.112. The number of hydrogen-bond acceptors (Lipinski definition) is 4. The first kappa shape index (κ1) is 11.4. The third-order valence-corrected chi connectivity index (χ3v) is 4.39. The Morgan fingerprint density at radius 3 is 3.05 bits per heavy atom. The predicted molar refractivity (Wildman–Crippen MR) is 80.7 cm³/mol. The summed E-state index contributed by atoms with van der Waals surface area (Å²) in [6.07, 6.45) is 12.9. The number of fused-ring (bicyclic) bond motifs is 4. The number of nitrogens with zero attached hydrogens (tertiary/aromatic N) is 2. The smallest absolute Gasteiger partial charge is 0.150 e. The molecular formula is C16H10N2OS. The molecule has 4 heteroatoms. The number of carbonyl (C=O) groups is 1. The van der Waals surface area contributed by atoms with Crippen LogP contribution < -0.4 is 9.89 Å². The molecule has 0 saturated heterocycles. The van der Waals surface area contributed by atoms with Crippen molar-refractivity contribution in [1.29, 1.82) is 0 Å². The SMILES string of the molecule is O=Cc1ccc2c3c(sc2c1)=NC1=CC=CC=CN1C=3. The maximum Gasteiger partial charge on any atom is 0.150 e. The number of allylic oxidation sites excluding steroid dienone is 4. The van der Waals surface area contributed by atoms with E-state index in [9.17, 15) is 4.79 Å². The van der Waals surface area contributed by atoms with E-state index >= 15 is 0 Å². The van der Waals surface area contributed by atoms with Crippen LogP contribution in [0.2, 0.25) is 0 Å². The van der Waals surface area contributed by atoms with Crippen molar-refractivity contribution in [2.45, 2.75) is 0 Å². The number of rotatable bonds is 1. The molecule has 0 spiro atoms. The van der Waals surface area contributed by atoms with E-state index in [1.54, 1.807) is 11.3 Å². The summed E-state index contributed by atoms with van der Waals surface area (Å²) in [5.74, 6) is 0.907. The Bertz CT molecular complexity index is 931. The van der Waals surface area contributed by atoms with E-state index in [0.717, 1.165) is 32.1 Å². The van der Waals surface area contributed by atoms with Crippen LogP contribution in [-0.4, -0.2) is 11.2 Å². The molecule has 0 N–H and O–H groups in total. The minimum absolute atomic E-state index is 0.702. The van der Waals surface area contributed by atoms with E-state index in [-0.39, 0.29) is 0 Å². The van der Waals surface area contributed by atoms with Crippen LogP contribution in [0.3, 0.4) is 0 Å². The molecule has 0 amide bonds. The Hall–Kier alpha value is -2.46. The van der Waals surface area contributed by atoms with Crippen LogP contribution in [0.5, 0.6) is 0 Å². The van der Waals surface area contributed by atoms with E-state index in [0.29, 0.717) is 5.56 Å². The summed E-state index contributed by atoms with van der Waals surface area (Å²) < 4.78 is 2.09. The van der Waals surface area contributed by atoms with Crippen molar-refractivity contribution in [2.75, 3.05) is 0 Å². The van der Waals surface area contributed by atoms with Gasteiger partial charge in [0.2, 0.25) is 0 Å². The van der Waals surface area contributed by atoms with Crippen molar-refractivity contribution in [3.8, 4) is 0 Å². The van der Waals surface area contributed by atoms with Gasteiger partial charge in [-0.25, -0.2) is 4.99 Å². The largest absolute Gasteiger partial charge is 0.308 e. The molecule has 2 aliphatic heterocycles. The number of thiophene rings is 1. The summed E-state index contributed by atoms with van der Waals surface area (Å²) in [6, 6.07) is 5.76. The molecule has 20 heavy (non-hydrogen) atoms. The van der Waals surface area contributed by atoms with E-state index in [2.05, 4.69) is 6.20 Å². The second kappa shape index (κ2) is 4.28. The lowest BCUT2D eigenvalue weighted by Crippen LogP contribution is -2.29. The number of carbonyl (C=O) groups excluding carboxylic acids is 1. The highest BCUT2D eigenvalue weighted by atomic mass is 32.1. The molecular weight excluding hydrogens is 268 g/mol. The van der Waals surface area contributed by atoms with E-state index in [4.69, 9.17) is 4.99 Å². The first-order chi connectivity index (χ1) is 9.85. The molecule has 0 saturated carbocycles. The maximum atomic E-state index is 10.9. The zero-order valence-electron chi connectivity index (χ0n) is 10.5. The van der Waals surface area contributed by atoms with Gasteiger partial charge in [-0.3, -0.25) is 4.79 Å². The van der Waals surface area contributed by atoms with E-state index in [1.807, 2.05) is 53.6 Å². The Labute approximate surface area is 119 Å². The molecule has 3 nitrogen and oxygen atoms in total. The van der Waals surface area contributed by atoms with Gasteiger partial charge in [-0.15, -0.1) is 11.3 Å². The zero-order valence-corrected chi connectivity index (χ0v) is 11.3. The Balaban J connectivity index is 2.06. The third-order valence-electron chi connectivity index (χ3n) is 3.33. The van der Waals surface area contributed by atoms with Crippen molar-refractivity contribution in [3.05, 3.63) is 70.0 Å². The lowest BCUT2D eigenvalue weighted by Gasteiger charge is -2.16. The quantitative estimate of drug-likeness (QED) is 0.750. The van der Waals surface area contributed by atoms with Gasteiger partial charge in [0.05, 0.1) is 0 Å². The average molecular weight is 278 g/mol. The van der Waals surface area contributed by atoms with Gasteiger partial charge in [-0.2, -0.15) is 0 Å². The average Bonchev–Trinajstić information content (AvgIpc) is 2.66. The van der Waals surface area contributed by atoms with Crippen molar-refractivity contribution < 1.29 is 4.79 Å². The van der Waals surface area contributed by atoms with Gasteiger partial charge >= 0.3 is 0 Å². The Kier molecular flexibility index (Phi) is 2.44. The van der Waals surface area contributed by atoms with Crippen LogP contribution >= 0.6 is 11.3 Å². The minimum atomic E-state index is 0.702. The summed E-state index contributed by atoms with van der Waals surface area (Å²) in [5.41, 5.74) is 0.702. The highest BCUT2D eigenvalue weighted by Crippen LogP contribution is 2.19. The Morgan fingerprint density at radius 1 is 1.20 bits per heavy atom. The first-order valence-electron chi connectivity index (χ1n) is 6.27. The van der Waals surface area contributed by atoms with Crippen LogP contribution in [0.4, 0.5) is 0 Å². The van der Waals surface area contributed by atoms with Crippen molar-refractivity contribution >= 4 is 33.9 Å². The fourth-order valence-electron chi connectivity index (χ4n) is 2.36. The van der Waals surface area contributed by atoms with Gasteiger partial charge in [0.15, 0.2) is 0 Å². The summed E-state index contributed by atoms with van der Waals surface area (Å²) >= 11 is 1.62. The molecule has 4 rings (SSSR count). The normalized spacial score (nSPS) is 15.8. The highest BCUT2D eigenvalue weighted by molar-refractivity contribution is 7.16. The van der Waals surface area contributed by atoms with Crippen molar-refractivity contribution in [1.82, 2.24) is 4.90 Å². The monoisotopic (exact) mass is 278 g/mol. The highest BCUT2D eigenvalue weighted by Gasteiger charge is 2.12. The molecule has 2 aliphatic rings. The van der Waals surface area contributed by atoms with Crippen molar-refractivity contribution in [3.63, 3.8) is 0 Å². The summed E-state index contributed by atoms with van der Waals surface area (Å²) in [5, 5.41) is 2.26. The number of hydrogen-bond donors (Lipinski definition) is 0. The van der Waals surface area contributed by atoms with Gasteiger partial charge < -0.3 is 4.90 Å². The van der Waals surface area contributed by atoms with E-state index in [1.165, 1.54) is 0 Å². The van der Waals surface area contributed by atoms with Crippen LogP contribution in [0.15, 0.2) is 59.5 Å².